The Balaban J connectivity index is 1.89. The van der Waals surface area contributed by atoms with E-state index in [4.69, 9.17) is 4.98 Å². The Kier molecular flexibility index (Phi) is 2.98. The molecular weight excluding hydrogens is 282 g/mol. The van der Waals surface area contributed by atoms with Crippen LogP contribution in [0.2, 0.25) is 0 Å². The second-order valence-corrected chi connectivity index (χ2v) is 5.79. The van der Waals surface area contributed by atoms with Gasteiger partial charge in [-0.2, -0.15) is 0 Å². The first-order chi connectivity index (χ1) is 11.2. The van der Waals surface area contributed by atoms with E-state index in [9.17, 15) is 4.79 Å². The number of carbonyl (C=O) groups is 1. The van der Waals surface area contributed by atoms with Crippen LogP contribution in [0.5, 0.6) is 0 Å². The summed E-state index contributed by atoms with van der Waals surface area (Å²) in [6.45, 7) is 6.33. The van der Waals surface area contributed by atoms with E-state index in [1.165, 1.54) is 0 Å². The van der Waals surface area contributed by atoms with Crippen molar-refractivity contribution in [3.05, 3.63) is 83.6 Å². The van der Waals surface area contributed by atoms with Crippen molar-refractivity contribution in [1.82, 2.24) is 4.98 Å². The molecule has 2 heteroatoms. The number of aldehydes is 1. The highest BCUT2D eigenvalue weighted by molar-refractivity contribution is 6.20. The molecule has 0 radical (unpaired) electrons. The number of para-hydroxylation sites is 1. The Hall–Kier alpha value is -3.00. The van der Waals surface area contributed by atoms with Crippen molar-refractivity contribution in [2.24, 2.45) is 0 Å². The van der Waals surface area contributed by atoms with E-state index in [1.807, 2.05) is 42.5 Å². The minimum absolute atomic E-state index is 0.672. The summed E-state index contributed by atoms with van der Waals surface area (Å²) in [5.41, 5.74) is 7.88. The molecule has 1 aromatic heterocycles. The fraction of sp³-hybridized carbons (Fsp3) is 0.0476. The highest BCUT2D eigenvalue weighted by atomic mass is 16.1. The van der Waals surface area contributed by atoms with Crippen LogP contribution in [0.1, 0.15) is 34.1 Å². The average Bonchev–Trinajstić information content (AvgIpc) is 2.85. The molecule has 2 aromatic carbocycles. The molecule has 1 aliphatic rings. The van der Waals surface area contributed by atoms with Crippen molar-refractivity contribution in [3.63, 3.8) is 0 Å². The van der Waals surface area contributed by atoms with Gasteiger partial charge in [-0.25, -0.2) is 4.98 Å². The number of pyridine rings is 1. The van der Waals surface area contributed by atoms with Gasteiger partial charge in [0.1, 0.15) is 6.29 Å². The Morgan fingerprint density at radius 3 is 2.65 bits per heavy atom. The highest BCUT2D eigenvalue weighted by Crippen LogP contribution is 2.45. The third-order valence-corrected chi connectivity index (χ3v) is 4.44. The van der Waals surface area contributed by atoms with Gasteiger partial charge in [0.15, 0.2) is 0 Å². The molecule has 0 amide bonds. The first-order valence-electron chi connectivity index (χ1n) is 7.55. The van der Waals surface area contributed by atoms with Gasteiger partial charge in [-0.05, 0) is 47.4 Å². The molecule has 1 aliphatic carbocycles. The van der Waals surface area contributed by atoms with E-state index in [-0.39, 0.29) is 0 Å². The second kappa shape index (κ2) is 5.03. The summed E-state index contributed by atoms with van der Waals surface area (Å²) < 4.78 is 0. The van der Waals surface area contributed by atoms with Crippen LogP contribution in [0.4, 0.5) is 0 Å². The summed E-state index contributed by atoms with van der Waals surface area (Å²) in [7, 11) is 0. The van der Waals surface area contributed by atoms with E-state index in [2.05, 4.69) is 25.6 Å². The molecule has 0 bridgehead atoms. The lowest BCUT2D eigenvalue weighted by Crippen LogP contribution is -1.90. The van der Waals surface area contributed by atoms with E-state index < -0.39 is 0 Å². The summed E-state index contributed by atoms with van der Waals surface area (Å²) in [5.74, 6) is 0. The summed E-state index contributed by atoms with van der Waals surface area (Å²) in [6.07, 6.45) is 0.870. The van der Waals surface area contributed by atoms with Crippen molar-refractivity contribution in [3.8, 4) is 0 Å². The Labute approximate surface area is 134 Å². The molecular formula is C21H15NO. The van der Waals surface area contributed by atoms with Crippen molar-refractivity contribution in [2.45, 2.75) is 6.92 Å². The molecule has 110 valence electrons. The third-order valence-electron chi connectivity index (χ3n) is 4.44. The van der Waals surface area contributed by atoms with E-state index in [0.717, 1.165) is 50.7 Å². The maximum atomic E-state index is 11.0. The van der Waals surface area contributed by atoms with Crippen LogP contribution in [0.25, 0.3) is 27.6 Å². The summed E-state index contributed by atoms with van der Waals surface area (Å²) in [5, 5.41) is 1.12. The number of fused-ring (bicyclic) bond motifs is 2. The maximum Gasteiger partial charge on any atom is 0.150 e. The van der Waals surface area contributed by atoms with Gasteiger partial charge in [0.2, 0.25) is 0 Å². The lowest BCUT2D eigenvalue weighted by molar-refractivity contribution is 0.112. The van der Waals surface area contributed by atoms with Crippen molar-refractivity contribution in [1.29, 1.82) is 0 Å². The summed E-state index contributed by atoms with van der Waals surface area (Å²) in [6, 6.07) is 18.0. The zero-order chi connectivity index (χ0) is 16.0. The first kappa shape index (κ1) is 13.6. The maximum absolute atomic E-state index is 11.0. The molecule has 0 saturated carbocycles. The van der Waals surface area contributed by atoms with Crippen LogP contribution in [-0.4, -0.2) is 11.3 Å². The molecule has 0 fully saturated rings. The number of hydrogen-bond donors (Lipinski definition) is 0. The molecule has 0 unspecified atom stereocenters. The Morgan fingerprint density at radius 1 is 1.00 bits per heavy atom. The minimum Gasteiger partial charge on any atom is -0.298 e. The summed E-state index contributed by atoms with van der Waals surface area (Å²) in [4.78, 5) is 15.8. The average molecular weight is 297 g/mol. The van der Waals surface area contributed by atoms with Gasteiger partial charge in [0.25, 0.3) is 0 Å². The number of allylic oxidation sites excluding steroid dienone is 3. The predicted molar refractivity (Wildman–Crippen MR) is 95.1 cm³/mol. The number of nitrogens with zero attached hydrogens (tertiary/aromatic N) is 1. The largest absolute Gasteiger partial charge is 0.298 e. The van der Waals surface area contributed by atoms with Crippen molar-refractivity contribution < 1.29 is 4.79 Å². The number of aromatic nitrogens is 1. The van der Waals surface area contributed by atoms with Gasteiger partial charge in [-0.15, -0.1) is 0 Å². The fourth-order valence-corrected chi connectivity index (χ4v) is 3.26. The van der Waals surface area contributed by atoms with Crippen LogP contribution in [0.15, 0.2) is 61.2 Å². The lowest BCUT2D eigenvalue weighted by atomic mass is 10.0. The van der Waals surface area contributed by atoms with E-state index >= 15 is 0 Å². The molecule has 0 N–H and O–H groups in total. The van der Waals surface area contributed by atoms with Crippen LogP contribution in [0.3, 0.4) is 0 Å². The van der Waals surface area contributed by atoms with Gasteiger partial charge in [0.05, 0.1) is 11.2 Å². The summed E-state index contributed by atoms with van der Waals surface area (Å²) >= 11 is 0. The van der Waals surface area contributed by atoms with Gasteiger partial charge >= 0.3 is 0 Å². The molecule has 0 saturated heterocycles. The number of hydrogen-bond acceptors (Lipinski definition) is 2. The van der Waals surface area contributed by atoms with E-state index in [0.29, 0.717) is 5.56 Å². The Bertz CT molecular complexity index is 1010. The van der Waals surface area contributed by atoms with Gasteiger partial charge in [-0.1, -0.05) is 43.0 Å². The van der Waals surface area contributed by atoms with Gasteiger partial charge < -0.3 is 0 Å². The van der Waals surface area contributed by atoms with Gasteiger partial charge in [-0.3, -0.25) is 4.79 Å². The Morgan fingerprint density at radius 2 is 1.83 bits per heavy atom. The highest BCUT2D eigenvalue weighted by Gasteiger charge is 2.24. The fourth-order valence-electron chi connectivity index (χ4n) is 3.26. The van der Waals surface area contributed by atoms with Crippen LogP contribution in [-0.2, 0) is 0 Å². The molecule has 1 heterocycles. The molecule has 23 heavy (non-hydrogen) atoms. The minimum atomic E-state index is 0.672. The quantitative estimate of drug-likeness (QED) is 0.623. The van der Waals surface area contributed by atoms with Crippen LogP contribution in [0, 0.1) is 0 Å². The zero-order valence-corrected chi connectivity index (χ0v) is 12.8. The molecule has 2 nitrogen and oxygen atoms in total. The monoisotopic (exact) mass is 297 g/mol. The zero-order valence-electron chi connectivity index (χ0n) is 12.8. The molecule has 4 rings (SSSR count). The number of benzene rings is 2. The first-order valence-corrected chi connectivity index (χ1v) is 7.55. The van der Waals surface area contributed by atoms with Crippen molar-refractivity contribution in [2.75, 3.05) is 0 Å². The molecule has 0 atom stereocenters. The van der Waals surface area contributed by atoms with E-state index in [1.54, 1.807) is 0 Å². The van der Waals surface area contributed by atoms with Crippen LogP contribution >= 0.6 is 0 Å². The second-order valence-electron chi connectivity index (χ2n) is 5.79. The standard InChI is InChI=1S/C21H15NO/c1-13-17-9-7-15(12-23)11-18(17)14(2)21(13)20-10-8-16-5-3-4-6-19(16)22-20/h3-12H,2H2,1H3. The van der Waals surface area contributed by atoms with Crippen LogP contribution < -0.4 is 0 Å². The van der Waals surface area contributed by atoms with Gasteiger partial charge in [0, 0.05) is 16.5 Å². The third kappa shape index (κ3) is 2.03. The molecule has 0 aliphatic heterocycles. The SMILES string of the molecule is C=C1C(c2ccc3ccccc3n2)=C(C)c2ccc(C=O)cc21. The molecule has 3 aromatic rings. The number of rotatable bonds is 2. The predicted octanol–water partition coefficient (Wildman–Crippen LogP) is 5.00. The van der Waals surface area contributed by atoms with Crippen molar-refractivity contribution >= 4 is 33.9 Å². The molecule has 0 spiro atoms. The topological polar surface area (TPSA) is 30.0 Å². The normalized spacial score (nSPS) is 13.5. The smallest absolute Gasteiger partial charge is 0.150 e. The number of carbonyl (C=O) groups excluding carboxylic acids is 1. The lowest BCUT2D eigenvalue weighted by Gasteiger charge is -2.07.